The van der Waals surface area contributed by atoms with Crippen molar-refractivity contribution in [1.82, 2.24) is 0 Å². The Balaban J connectivity index is 1.60. The molecule has 2 fully saturated rings. The molecule has 0 spiro atoms. The van der Waals surface area contributed by atoms with Gasteiger partial charge < -0.3 is 59.4 Å². The molecular weight excluding hydrogens is 504 g/mol. The summed E-state index contributed by atoms with van der Waals surface area (Å²) in [5, 5.41) is 70.1. The minimum absolute atomic E-state index is 0.0372. The number of aliphatic hydroxyl groups excluding tert-OH is 6. The molecule has 2 aromatic rings. The van der Waals surface area contributed by atoms with Crippen LogP contribution < -0.4 is 14.2 Å². The van der Waals surface area contributed by atoms with Crippen LogP contribution in [-0.2, 0) is 9.47 Å². The van der Waals surface area contributed by atoms with E-state index in [-0.39, 0.29) is 36.2 Å². The molecule has 0 unspecified atom stereocenters. The summed E-state index contributed by atoms with van der Waals surface area (Å²) in [6.45, 7) is -1.12. The second kappa shape index (κ2) is 12.0. The number of phenolic OH excluding ortho intramolecular Hbond substituents is 1. The fourth-order valence-corrected chi connectivity index (χ4v) is 5.04. The van der Waals surface area contributed by atoms with Crippen molar-refractivity contribution < 1.29 is 59.4 Å². The van der Waals surface area contributed by atoms with Crippen molar-refractivity contribution in [3.05, 3.63) is 47.5 Å². The van der Waals surface area contributed by atoms with Crippen LogP contribution >= 0.6 is 0 Å². The Morgan fingerprint density at radius 2 is 1.26 bits per heavy atom. The van der Waals surface area contributed by atoms with Crippen molar-refractivity contribution in [3.63, 3.8) is 0 Å². The molecule has 38 heavy (non-hydrogen) atoms. The average molecular weight is 539 g/mol. The topological polar surface area (TPSA) is 188 Å². The Kier molecular flexibility index (Phi) is 8.96. The van der Waals surface area contributed by atoms with E-state index in [4.69, 9.17) is 23.7 Å². The van der Waals surface area contributed by atoms with Gasteiger partial charge in [-0.1, -0.05) is 12.1 Å². The molecule has 0 saturated carbocycles. The molecule has 2 aromatic carbocycles. The summed E-state index contributed by atoms with van der Waals surface area (Å²) >= 11 is 0. The monoisotopic (exact) mass is 538 g/mol. The highest BCUT2D eigenvalue weighted by molar-refractivity contribution is 5.45. The van der Waals surface area contributed by atoms with Crippen LogP contribution in [-0.4, -0.2) is 100 Å². The Labute approximate surface area is 219 Å². The lowest BCUT2D eigenvalue weighted by molar-refractivity contribution is -0.277. The number of aromatic hydroxyl groups is 1. The van der Waals surface area contributed by atoms with Crippen LogP contribution in [0.2, 0.25) is 0 Å². The molecule has 0 bridgehead atoms. The summed E-state index contributed by atoms with van der Waals surface area (Å²) in [5.41, 5.74) is 1.28. The van der Waals surface area contributed by atoms with Gasteiger partial charge in [-0.15, -0.1) is 0 Å². The van der Waals surface area contributed by atoms with Crippen molar-refractivity contribution in [3.8, 4) is 23.0 Å². The first-order chi connectivity index (χ1) is 18.3. The van der Waals surface area contributed by atoms with Crippen LogP contribution in [0.4, 0.5) is 0 Å². The summed E-state index contributed by atoms with van der Waals surface area (Å²) in [5.74, 6) is -0.345. The number of methoxy groups -OCH3 is 2. The summed E-state index contributed by atoms with van der Waals surface area (Å²) in [6, 6.07) is 9.60. The van der Waals surface area contributed by atoms with Gasteiger partial charge in [-0.2, -0.15) is 0 Å². The van der Waals surface area contributed by atoms with Gasteiger partial charge in [0.1, 0.15) is 24.4 Å². The highest BCUT2D eigenvalue weighted by Gasteiger charge is 2.46. The van der Waals surface area contributed by atoms with E-state index in [1.165, 1.54) is 26.4 Å². The largest absolute Gasteiger partial charge is 0.504 e. The first-order valence-electron chi connectivity index (χ1n) is 12.2. The van der Waals surface area contributed by atoms with E-state index in [1.807, 2.05) is 0 Å². The van der Waals surface area contributed by atoms with Gasteiger partial charge in [0.05, 0.1) is 33.0 Å². The lowest BCUT2D eigenvalue weighted by atomic mass is 9.83. The third-order valence-corrected chi connectivity index (χ3v) is 7.18. The molecule has 0 aromatic heterocycles. The average Bonchev–Trinajstić information content (AvgIpc) is 3.32. The zero-order chi connectivity index (χ0) is 27.6. The molecule has 2 saturated heterocycles. The quantitative estimate of drug-likeness (QED) is 0.220. The molecule has 2 aliphatic rings. The normalized spacial score (nSPS) is 33.2. The number of aliphatic hydroxyl groups is 6. The smallest absolute Gasteiger partial charge is 0.229 e. The standard InChI is InChI=1S/C26H34O12/c1-34-18-7-12(3-5-16(18)30)24-14(9-27)15(10-28)25(38-24)13-4-6-17(19(8-13)35-2)36-26-23(33)22(32)21(31)20(11-29)37-26/h3-8,14-15,20-33H,9-11H2,1-2H3/t14-,15-,20-,21-,22+,23-,24-,25-,26-/m1/s1. The van der Waals surface area contributed by atoms with Gasteiger partial charge in [0.25, 0.3) is 0 Å². The predicted octanol–water partition coefficient (Wildman–Crippen LogP) is -0.382. The molecule has 7 N–H and O–H groups in total. The van der Waals surface area contributed by atoms with Gasteiger partial charge in [0, 0.05) is 25.0 Å². The molecule has 9 atom stereocenters. The van der Waals surface area contributed by atoms with Crippen molar-refractivity contribution in [1.29, 1.82) is 0 Å². The lowest BCUT2D eigenvalue weighted by Gasteiger charge is -2.39. The number of hydrogen-bond donors (Lipinski definition) is 7. The molecule has 0 radical (unpaired) electrons. The molecule has 2 heterocycles. The summed E-state index contributed by atoms with van der Waals surface area (Å²) in [6.07, 6.45) is -8.49. The van der Waals surface area contributed by atoms with Crippen LogP contribution in [0.3, 0.4) is 0 Å². The second-order valence-corrected chi connectivity index (χ2v) is 9.33. The molecule has 0 aliphatic carbocycles. The zero-order valence-electron chi connectivity index (χ0n) is 21.0. The molecule has 210 valence electrons. The van der Waals surface area contributed by atoms with E-state index >= 15 is 0 Å². The zero-order valence-corrected chi connectivity index (χ0v) is 21.0. The third kappa shape index (κ3) is 5.26. The van der Waals surface area contributed by atoms with Crippen molar-refractivity contribution in [2.24, 2.45) is 11.8 Å². The highest BCUT2D eigenvalue weighted by Crippen LogP contribution is 2.51. The minimum atomic E-state index is -1.60. The van der Waals surface area contributed by atoms with Gasteiger partial charge in [0.15, 0.2) is 23.0 Å². The molecule has 12 nitrogen and oxygen atoms in total. The van der Waals surface area contributed by atoms with E-state index in [0.717, 1.165) is 0 Å². The maximum Gasteiger partial charge on any atom is 0.229 e. The van der Waals surface area contributed by atoms with Crippen LogP contribution in [0.25, 0.3) is 0 Å². The highest BCUT2D eigenvalue weighted by atomic mass is 16.7. The Morgan fingerprint density at radius 3 is 1.82 bits per heavy atom. The molecular formula is C26H34O12. The van der Waals surface area contributed by atoms with Crippen molar-refractivity contribution in [2.45, 2.75) is 42.9 Å². The number of hydrogen-bond acceptors (Lipinski definition) is 12. The number of rotatable bonds is 9. The van der Waals surface area contributed by atoms with Gasteiger partial charge in [0.2, 0.25) is 6.29 Å². The van der Waals surface area contributed by atoms with Gasteiger partial charge in [-0.05, 0) is 35.4 Å². The summed E-state index contributed by atoms with van der Waals surface area (Å²) in [7, 11) is 2.83. The van der Waals surface area contributed by atoms with Crippen LogP contribution in [0.1, 0.15) is 23.3 Å². The second-order valence-electron chi connectivity index (χ2n) is 9.33. The van der Waals surface area contributed by atoms with Gasteiger partial charge >= 0.3 is 0 Å². The number of phenols is 1. The fourth-order valence-electron chi connectivity index (χ4n) is 5.04. The predicted molar refractivity (Wildman–Crippen MR) is 130 cm³/mol. The van der Waals surface area contributed by atoms with Gasteiger partial charge in [-0.3, -0.25) is 0 Å². The van der Waals surface area contributed by atoms with Crippen LogP contribution in [0.5, 0.6) is 23.0 Å². The van der Waals surface area contributed by atoms with Crippen LogP contribution in [0, 0.1) is 11.8 Å². The maximum absolute atomic E-state index is 10.3. The number of ether oxygens (including phenoxy) is 5. The molecule has 4 rings (SSSR count). The van der Waals surface area contributed by atoms with Crippen molar-refractivity contribution >= 4 is 0 Å². The van der Waals surface area contributed by atoms with E-state index < -0.39 is 61.4 Å². The fraction of sp³-hybridized carbons (Fsp3) is 0.538. The summed E-state index contributed by atoms with van der Waals surface area (Å²) in [4.78, 5) is 0. The minimum Gasteiger partial charge on any atom is -0.504 e. The van der Waals surface area contributed by atoms with E-state index in [2.05, 4.69) is 0 Å². The van der Waals surface area contributed by atoms with E-state index in [9.17, 15) is 35.7 Å². The third-order valence-electron chi connectivity index (χ3n) is 7.18. The summed E-state index contributed by atoms with van der Waals surface area (Å²) < 4.78 is 28.1. The molecule has 12 heteroatoms. The van der Waals surface area contributed by atoms with Crippen molar-refractivity contribution in [2.75, 3.05) is 34.0 Å². The van der Waals surface area contributed by atoms with Crippen LogP contribution in [0.15, 0.2) is 36.4 Å². The van der Waals surface area contributed by atoms with E-state index in [1.54, 1.807) is 24.3 Å². The Hall–Kier alpha value is -2.68. The van der Waals surface area contributed by atoms with E-state index in [0.29, 0.717) is 11.1 Å². The molecule has 2 aliphatic heterocycles. The molecule has 0 amide bonds. The lowest BCUT2D eigenvalue weighted by Crippen LogP contribution is -2.60. The SMILES string of the molecule is COc1cc([C@H]2O[C@H](c3ccc(O[C@@H]4O[C@H](CO)[C@@H](O)[C@H](O)[C@H]4O)c(OC)c3)[C@H](CO)[C@H]2CO)ccc1O. The first-order valence-corrected chi connectivity index (χ1v) is 12.2. The number of benzene rings is 2. The Morgan fingerprint density at radius 1 is 0.684 bits per heavy atom. The van der Waals surface area contributed by atoms with Gasteiger partial charge in [-0.25, -0.2) is 0 Å². The maximum atomic E-state index is 10.3. The first kappa shape index (κ1) is 28.3. The Bertz CT molecular complexity index is 1080.